The average molecular weight is 189 g/mol. The molecule has 0 bridgehead atoms. The van der Waals surface area contributed by atoms with E-state index in [9.17, 15) is 4.91 Å². The highest BCUT2D eigenvalue weighted by Gasteiger charge is 2.05. The third kappa shape index (κ3) is 2.60. The van der Waals surface area contributed by atoms with Crippen LogP contribution in [0.5, 0.6) is 5.75 Å². The van der Waals surface area contributed by atoms with Crippen molar-refractivity contribution in [1.29, 1.82) is 0 Å². The number of terminal acetylenes is 1. The maximum atomic E-state index is 10.3. The van der Waals surface area contributed by atoms with Gasteiger partial charge < -0.3 is 4.74 Å². The van der Waals surface area contributed by atoms with Crippen LogP contribution in [-0.2, 0) is 0 Å². The summed E-state index contributed by atoms with van der Waals surface area (Å²) < 4.78 is 5.21. The largest absolute Gasteiger partial charge is 0.481 e. The molecular weight excluding hydrogens is 178 g/mol. The maximum absolute atomic E-state index is 10.3. The molecule has 1 unspecified atom stereocenters. The van der Waals surface area contributed by atoms with Crippen molar-refractivity contribution in [2.24, 2.45) is 5.18 Å². The van der Waals surface area contributed by atoms with Crippen LogP contribution < -0.4 is 4.74 Å². The number of benzene rings is 1. The van der Waals surface area contributed by atoms with Gasteiger partial charge in [0.15, 0.2) is 0 Å². The first-order chi connectivity index (χ1) is 6.77. The summed E-state index contributed by atoms with van der Waals surface area (Å²) in [6.07, 6.45) is 5.06. The predicted molar refractivity (Wildman–Crippen MR) is 55.0 cm³/mol. The van der Waals surface area contributed by atoms with Gasteiger partial charge in [-0.25, -0.2) is 0 Å². The zero-order chi connectivity index (χ0) is 10.4. The third-order valence-corrected chi connectivity index (χ3v) is 1.82. The van der Waals surface area contributed by atoms with Crippen LogP contribution in [-0.4, -0.2) is 6.61 Å². The summed E-state index contributed by atoms with van der Waals surface area (Å²) in [5, 5.41) is 2.93. The second kappa shape index (κ2) is 5.03. The number of hydrogen-bond acceptors (Lipinski definition) is 3. The lowest BCUT2D eigenvalue weighted by Crippen LogP contribution is -1.95. The summed E-state index contributed by atoms with van der Waals surface area (Å²) in [5.74, 6) is 3.03. The molecule has 72 valence electrons. The first-order valence-electron chi connectivity index (χ1n) is 4.26. The zero-order valence-corrected chi connectivity index (χ0v) is 7.93. The van der Waals surface area contributed by atoms with Gasteiger partial charge in [-0.3, -0.25) is 0 Å². The van der Waals surface area contributed by atoms with E-state index in [1.165, 1.54) is 0 Å². The van der Waals surface area contributed by atoms with Gasteiger partial charge in [-0.2, -0.15) is 4.91 Å². The molecule has 1 rings (SSSR count). The Hall–Kier alpha value is -1.82. The molecule has 0 amide bonds. The molecule has 0 saturated heterocycles. The van der Waals surface area contributed by atoms with Crippen LogP contribution in [0.1, 0.15) is 18.5 Å². The molecule has 1 aromatic rings. The molecule has 3 nitrogen and oxygen atoms in total. The Bertz CT molecular complexity index is 355. The van der Waals surface area contributed by atoms with Crippen molar-refractivity contribution in [3.63, 3.8) is 0 Å². The van der Waals surface area contributed by atoms with E-state index in [4.69, 9.17) is 11.2 Å². The topological polar surface area (TPSA) is 38.7 Å². The molecule has 0 aliphatic carbocycles. The van der Waals surface area contributed by atoms with Gasteiger partial charge in [0.05, 0.1) is 0 Å². The van der Waals surface area contributed by atoms with Crippen molar-refractivity contribution in [2.45, 2.75) is 13.0 Å². The molecule has 0 aliphatic rings. The number of ether oxygens (including phenoxy) is 1. The Morgan fingerprint density at radius 3 is 3.07 bits per heavy atom. The second-order valence-corrected chi connectivity index (χ2v) is 2.85. The summed E-state index contributed by atoms with van der Waals surface area (Å²) in [5.41, 5.74) is 0.828. The van der Waals surface area contributed by atoms with Gasteiger partial charge in [0.25, 0.3) is 0 Å². The second-order valence-electron chi connectivity index (χ2n) is 2.85. The van der Waals surface area contributed by atoms with E-state index >= 15 is 0 Å². The van der Waals surface area contributed by atoms with E-state index in [0.29, 0.717) is 5.75 Å². The van der Waals surface area contributed by atoms with Crippen molar-refractivity contribution in [1.82, 2.24) is 0 Å². The fourth-order valence-corrected chi connectivity index (χ4v) is 1.05. The SMILES string of the molecule is C#CCOc1cccc(C(C)N=O)c1. The first-order valence-corrected chi connectivity index (χ1v) is 4.26. The Morgan fingerprint density at radius 2 is 2.43 bits per heavy atom. The fourth-order valence-electron chi connectivity index (χ4n) is 1.05. The lowest BCUT2D eigenvalue weighted by Gasteiger charge is -2.06. The van der Waals surface area contributed by atoms with E-state index in [0.717, 1.165) is 5.56 Å². The van der Waals surface area contributed by atoms with Gasteiger partial charge in [0.2, 0.25) is 0 Å². The Morgan fingerprint density at radius 1 is 1.64 bits per heavy atom. The zero-order valence-electron chi connectivity index (χ0n) is 7.93. The minimum atomic E-state index is -0.357. The van der Waals surface area contributed by atoms with Crippen LogP contribution in [0.2, 0.25) is 0 Å². The van der Waals surface area contributed by atoms with E-state index in [1.807, 2.05) is 12.1 Å². The van der Waals surface area contributed by atoms with Crippen LogP contribution in [0.15, 0.2) is 29.4 Å². The summed E-state index contributed by atoms with van der Waals surface area (Å²) in [6, 6.07) is 6.84. The minimum Gasteiger partial charge on any atom is -0.481 e. The molecule has 0 heterocycles. The molecule has 0 spiro atoms. The van der Waals surface area contributed by atoms with Crippen molar-refractivity contribution in [3.8, 4) is 18.1 Å². The fraction of sp³-hybridized carbons (Fsp3) is 0.273. The Balaban J connectivity index is 2.79. The van der Waals surface area contributed by atoms with Gasteiger partial charge in [-0.05, 0) is 24.6 Å². The third-order valence-electron chi connectivity index (χ3n) is 1.82. The molecule has 1 atom stereocenters. The first kappa shape index (κ1) is 10.3. The quantitative estimate of drug-likeness (QED) is 0.539. The highest BCUT2D eigenvalue weighted by Crippen LogP contribution is 2.21. The standard InChI is InChI=1S/C11H11NO2/c1-3-7-14-11-6-4-5-10(8-11)9(2)12-13/h1,4-6,8-9H,7H2,2H3. The molecule has 3 heteroatoms. The molecule has 0 aliphatic heterocycles. The number of nitroso groups, excluding NO2 is 1. The number of nitrogens with zero attached hydrogens (tertiary/aromatic N) is 1. The van der Waals surface area contributed by atoms with Crippen LogP contribution in [0.25, 0.3) is 0 Å². The van der Waals surface area contributed by atoms with Gasteiger partial charge >= 0.3 is 0 Å². The van der Waals surface area contributed by atoms with Gasteiger partial charge in [-0.1, -0.05) is 23.2 Å². The maximum Gasteiger partial charge on any atom is 0.148 e. The molecule has 0 radical (unpaired) electrons. The monoisotopic (exact) mass is 189 g/mol. The molecule has 1 aromatic carbocycles. The Kier molecular flexibility index (Phi) is 3.69. The van der Waals surface area contributed by atoms with E-state index in [-0.39, 0.29) is 12.6 Å². The number of rotatable bonds is 4. The summed E-state index contributed by atoms with van der Waals surface area (Å²) in [4.78, 5) is 10.3. The van der Waals surface area contributed by atoms with Crippen LogP contribution in [0.3, 0.4) is 0 Å². The molecule has 0 N–H and O–H groups in total. The average Bonchev–Trinajstić information content (AvgIpc) is 2.25. The molecular formula is C11H11NO2. The van der Waals surface area contributed by atoms with E-state index in [1.54, 1.807) is 19.1 Å². The van der Waals surface area contributed by atoms with Crippen molar-refractivity contribution < 1.29 is 4.74 Å². The molecule has 0 saturated carbocycles. The van der Waals surface area contributed by atoms with Gasteiger partial charge in [0.1, 0.15) is 18.4 Å². The van der Waals surface area contributed by atoms with Gasteiger partial charge in [-0.15, -0.1) is 6.42 Å². The van der Waals surface area contributed by atoms with Crippen molar-refractivity contribution in [3.05, 3.63) is 34.7 Å². The highest BCUT2D eigenvalue weighted by molar-refractivity contribution is 5.30. The number of hydrogen-bond donors (Lipinski definition) is 0. The van der Waals surface area contributed by atoms with Crippen molar-refractivity contribution in [2.75, 3.05) is 6.61 Å². The summed E-state index contributed by atoms with van der Waals surface area (Å²) in [7, 11) is 0. The summed E-state index contributed by atoms with van der Waals surface area (Å²) >= 11 is 0. The lowest BCUT2D eigenvalue weighted by molar-refractivity contribution is 0.370. The highest BCUT2D eigenvalue weighted by atomic mass is 16.5. The Labute approximate surface area is 83.1 Å². The lowest BCUT2D eigenvalue weighted by atomic mass is 10.1. The van der Waals surface area contributed by atoms with Crippen LogP contribution in [0.4, 0.5) is 0 Å². The van der Waals surface area contributed by atoms with E-state index < -0.39 is 0 Å². The molecule has 0 fully saturated rings. The smallest absolute Gasteiger partial charge is 0.148 e. The van der Waals surface area contributed by atoms with E-state index in [2.05, 4.69) is 11.1 Å². The van der Waals surface area contributed by atoms with Gasteiger partial charge in [0, 0.05) is 0 Å². The normalized spacial score (nSPS) is 11.4. The molecule has 14 heavy (non-hydrogen) atoms. The molecule has 0 aromatic heterocycles. The minimum absolute atomic E-state index is 0.229. The van der Waals surface area contributed by atoms with Crippen LogP contribution >= 0.6 is 0 Å². The van der Waals surface area contributed by atoms with Crippen LogP contribution in [0, 0.1) is 17.3 Å². The predicted octanol–water partition coefficient (Wildman–Crippen LogP) is 2.53. The summed E-state index contributed by atoms with van der Waals surface area (Å²) in [6.45, 7) is 1.96. The van der Waals surface area contributed by atoms with Crippen molar-refractivity contribution >= 4 is 0 Å².